The highest BCUT2D eigenvalue weighted by Crippen LogP contribution is 2.25. The minimum Gasteiger partial charge on any atom is -0.368 e. The molecule has 0 amide bonds. The fourth-order valence-electron chi connectivity index (χ4n) is 1.50. The lowest BCUT2D eigenvalue weighted by molar-refractivity contribution is 0.686. The molecule has 1 heterocycles. The third kappa shape index (κ3) is 2.25. The van der Waals surface area contributed by atoms with Crippen LogP contribution in [0.3, 0.4) is 0 Å². The average Bonchev–Trinajstić information content (AvgIpc) is 2.28. The van der Waals surface area contributed by atoms with Gasteiger partial charge in [-0.3, -0.25) is 0 Å². The number of hydrogen-bond acceptors (Lipinski definition) is 3. The number of fused-ring (bicyclic) bond motifs is 1. The molecule has 2 rings (SSSR count). The second-order valence-electron chi connectivity index (χ2n) is 4.16. The summed E-state index contributed by atoms with van der Waals surface area (Å²) in [6.07, 6.45) is 0. The summed E-state index contributed by atoms with van der Waals surface area (Å²) in [4.78, 5) is 0. The normalized spacial score (nSPS) is 11.0. The zero-order valence-corrected chi connectivity index (χ0v) is 10.1. The molecule has 0 radical (unpaired) electrons. The second kappa shape index (κ2) is 4.66. The number of nitrogens with one attached hydrogen (secondary N) is 1. The van der Waals surface area contributed by atoms with E-state index in [0.717, 1.165) is 23.1 Å². The highest BCUT2D eigenvalue weighted by atomic mass is 35.5. The van der Waals surface area contributed by atoms with E-state index in [2.05, 4.69) is 29.4 Å². The van der Waals surface area contributed by atoms with Crippen LogP contribution in [0, 0.1) is 5.92 Å². The zero-order valence-electron chi connectivity index (χ0n) is 9.37. The molecule has 0 aliphatic heterocycles. The van der Waals surface area contributed by atoms with Crippen LogP contribution in [0.1, 0.15) is 13.8 Å². The molecule has 0 aliphatic carbocycles. The van der Waals surface area contributed by atoms with Crippen LogP contribution in [-0.4, -0.2) is 16.7 Å². The summed E-state index contributed by atoms with van der Waals surface area (Å²) < 4.78 is 0. The molecule has 0 unspecified atom stereocenters. The standard InChI is InChI=1S/C12H14ClN3/c1-8(2)7-14-12-10-6-4-3-5-9(10)11(13)15-16-12/h3-6,8H,7H2,1-2H3,(H,14,16). The first-order valence-electron chi connectivity index (χ1n) is 5.33. The molecular formula is C12H14ClN3. The third-order valence-electron chi connectivity index (χ3n) is 2.32. The Morgan fingerprint density at radius 3 is 2.56 bits per heavy atom. The summed E-state index contributed by atoms with van der Waals surface area (Å²) in [5.74, 6) is 1.37. The molecule has 0 saturated heterocycles. The summed E-state index contributed by atoms with van der Waals surface area (Å²) in [5, 5.41) is 13.7. The van der Waals surface area contributed by atoms with Crippen molar-refractivity contribution in [3.63, 3.8) is 0 Å². The highest BCUT2D eigenvalue weighted by molar-refractivity contribution is 6.34. The van der Waals surface area contributed by atoms with Gasteiger partial charge < -0.3 is 5.32 Å². The first-order valence-corrected chi connectivity index (χ1v) is 5.71. The maximum Gasteiger partial charge on any atom is 0.159 e. The van der Waals surface area contributed by atoms with Crippen LogP contribution < -0.4 is 5.32 Å². The Kier molecular flexibility index (Phi) is 3.25. The van der Waals surface area contributed by atoms with Crippen molar-refractivity contribution in [3.05, 3.63) is 29.4 Å². The Hall–Kier alpha value is -1.35. The first kappa shape index (κ1) is 11.1. The fraction of sp³-hybridized carbons (Fsp3) is 0.333. The molecule has 2 aromatic rings. The van der Waals surface area contributed by atoms with Gasteiger partial charge in [-0.1, -0.05) is 49.7 Å². The molecule has 0 atom stereocenters. The highest BCUT2D eigenvalue weighted by Gasteiger charge is 2.06. The van der Waals surface area contributed by atoms with Gasteiger partial charge in [0, 0.05) is 17.3 Å². The number of halogens is 1. The van der Waals surface area contributed by atoms with Crippen LogP contribution in [0.25, 0.3) is 10.8 Å². The van der Waals surface area contributed by atoms with Crippen LogP contribution in [0.15, 0.2) is 24.3 Å². The quantitative estimate of drug-likeness (QED) is 0.887. The van der Waals surface area contributed by atoms with E-state index in [1.807, 2.05) is 24.3 Å². The predicted octanol–water partition coefficient (Wildman–Crippen LogP) is 3.35. The Bertz CT molecular complexity index is 497. The van der Waals surface area contributed by atoms with E-state index in [1.165, 1.54) is 0 Å². The summed E-state index contributed by atoms with van der Waals surface area (Å²) >= 11 is 5.99. The molecule has 0 fully saturated rings. The van der Waals surface area contributed by atoms with E-state index in [0.29, 0.717) is 11.1 Å². The molecular weight excluding hydrogens is 222 g/mol. The number of aromatic nitrogens is 2. The number of nitrogens with zero attached hydrogens (tertiary/aromatic N) is 2. The van der Waals surface area contributed by atoms with Gasteiger partial charge in [-0.2, -0.15) is 0 Å². The van der Waals surface area contributed by atoms with Gasteiger partial charge in [0.25, 0.3) is 0 Å². The van der Waals surface area contributed by atoms with E-state index in [4.69, 9.17) is 11.6 Å². The smallest absolute Gasteiger partial charge is 0.159 e. The van der Waals surface area contributed by atoms with E-state index >= 15 is 0 Å². The minimum absolute atomic E-state index is 0.450. The minimum atomic E-state index is 0.450. The number of benzene rings is 1. The third-order valence-corrected chi connectivity index (χ3v) is 2.60. The van der Waals surface area contributed by atoms with Gasteiger partial charge in [0.15, 0.2) is 11.0 Å². The van der Waals surface area contributed by atoms with Crippen LogP contribution >= 0.6 is 11.6 Å². The SMILES string of the molecule is CC(C)CNc1nnc(Cl)c2ccccc12. The molecule has 4 heteroatoms. The van der Waals surface area contributed by atoms with Gasteiger partial charge in [0.2, 0.25) is 0 Å². The Morgan fingerprint density at radius 1 is 1.19 bits per heavy atom. The number of hydrogen-bond donors (Lipinski definition) is 1. The summed E-state index contributed by atoms with van der Waals surface area (Å²) in [6.45, 7) is 5.18. The molecule has 84 valence electrons. The molecule has 1 aromatic carbocycles. The summed E-state index contributed by atoms with van der Waals surface area (Å²) in [5.41, 5.74) is 0. The van der Waals surface area contributed by atoms with Crippen LogP contribution in [0.2, 0.25) is 5.15 Å². The van der Waals surface area contributed by atoms with E-state index in [9.17, 15) is 0 Å². The predicted molar refractivity (Wildman–Crippen MR) is 67.9 cm³/mol. The molecule has 0 spiro atoms. The van der Waals surface area contributed by atoms with Gasteiger partial charge in [0.1, 0.15) is 0 Å². The monoisotopic (exact) mass is 235 g/mol. The largest absolute Gasteiger partial charge is 0.368 e. The zero-order chi connectivity index (χ0) is 11.5. The Morgan fingerprint density at radius 2 is 1.88 bits per heavy atom. The lowest BCUT2D eigenvalue weighted by Crippen LogP contribution is -2.10. The molecule has 0 aliphatic rings. The maximum atomic E-state index is 5.99. The molecule has 0 saturated carbocycles. The van der Waals surface area contributed by atoms with Crippen LogP contribution in [0.4, 0.5) is 5.82 Å². The van der Waals surface area contributed by atoms with Crippen molar-refractivity contribution >= 4 is 28.2 Å². The topological polar surface area (TPSA) is 37.8 Å². The fourth-order valence-corrected chi connectivity index (χ4v) is 1.71. The van der Waals surface area contributed by atoms with Gasteiger partial charge in [0.05, 0.1) is 0 Å². The van der Waals surface area contributed by atoms with E-state index in [-0.39, 0.29) is 0 Å². The van der Waals surface area contributed by atoms with Gasteiger partial charge in [-0.05, 0) is 5.92 Å². The van der Waals surface area contributed by atoms with Crippen molar-refractivity contribution in [1.29, 1.82) is 0 Å². The lowest BCUT2D eigenvalue weighted by atomic mass is 10.2. The molecule has 16 heavy (non-hydrogen) atoms. The Balaban J connectivity index is 2.42. The van der Waals surface area contributed by atoms with Crippen molar-refractivity contribution in [3.8, 4) is 0 Å². The summed E-state index contributed by atoms with van der Waals surface area (Å²) in [6, 6.07) is 7.87. The molecule has 3 nitrogen and oxygen atoms in total. The average molecular weight is 236 g/mol. The first-order chi connectivity index (χ1) is 7.68. The number of anilines is 1. The van der Waals surface area contributed by atoms with Gasteiger partial charge in [-0.25, -0.2) is 0 Å². The summed E-state index contributed by atoms with van der Waals surface area (Å²) in [7, 11) is 0. The van der Waals surface area contributed by atoms with Crippen molar-refractivity contribution in [2.24, 2.45) is 5.92 Å². The molecule has 1 N–H and O–H groups in total. The van der Waals surface area contributed by atoms with Crippen molar-refractivity contribution < 1.29 is 0 Å². The van der Waals surface area contributed by atoms with Crippen molar-refractivity contribution in [2.75, 3.05) is 11.9 Å². The molecule has 1 aromatic heterocycles. The molecule has 0 bridgehead atoms. The van der Waals surface area contributed by atoms with Gasteiger partial charge in [-0.15, -0.1) is 10.2 Å². The van der Waals surface area contributed by atoms with Gasteiger partial charge >= 0.3 is 0 Å². The van der Waals surface area contributed by atoms with E-state index < -0.39 is 0 Å². The van der Waals surface area contributed by atoms with E-state index in [1.54, 1.807) is 0 Å². The van der Waals surface area contributed by atoms with Crippen LogP contribution in [0.5, 0.6) is 0 Å². The van der Waals surface area contributed by atoms with Crippen LogP contribution in [-0.2, 0) is 0 Å². The van der Waals surface area contributed by atoms with Crippen molar-refractivity contribution in [1.82, 2.24) is 10.2 Å². The lowest BCUT2D eigenvalue weighted by Gasteiger charge is -2.10. The maximum absolute atomic E-state index is 5.99. The number of rotatable bonds is 3. The second-order valence-corrected chi connectivity index (χ2v) is 4.52. The Labute approximate surface area is 99.8 Å². The van der Waals surface area contributed by atoms with Crippen molar-refractivity contribution in [2.45, 2.75) is 13.8 Å².